The molecule has 1 N–H and O–H groups in total. The molecule has 0 aromatic heterocycles. The summed E-state index contributed by atoms with van der Waals surface area (Å²) in [5, 5.41) is 13.5. The maximum atomic E-state index is 11.4. The molecule has 1 aromatic carbocycles. The Labute approximate surface area is 112 Å². The molecule has 17 heavy (non-hydrogen) atoms. The van der Waals surface area contributed by atoms with Gasteiger partial charge in [0.1, 0.15) is 0 Å². The lowest BCUT2D eigenvalue weighted by molar-refractivity contribution is -0.384. The van der Waals surface area contributed by atoms with Gasteiger partial charge in [0.15, 0.2) is 0 Å². The third-order valence-electron chi connectivity index (χ3n) is 2.09. The fraction of sp³-hybridized carbons (Fsp3) is 0.300. The molecular formula is C10H12IN3O3. The summed E-state index contributed by atoms with van der Waals surface area (Å²) in [6, 6.07) is 4.47. The van der Waals surface area contributed by atoms with Crippen molar-refractivity contribution in [3.63, 3.8) is 0 Å². The summed E-state index contributed by atoms with van der Waals surface area (Å²) in [4.78, 5) is 22.9. The minimum absolute atomic E-state index is 0.0406. The Kier molecular flexibility index (Phi) is 4.67. The number of non-ortho nitro benzene ring substituents is 1. The van der Waals surface area contributed by atoms with Crippen molar-refractivity contribution in [3.8, 4) is 0 Å². The summed E-state index contributed by atoms with van der Waals surface area (Å²) < 4.78 is 0.711. The fourth-order valence-corrected chi connectivity index (χ4v) is 1.78. The van der Waals surface area contributed by atoms with Crippen LogP contribution in [0, 0.1) is 13.7 Å². The number of rotatable bonds is 4. The van der Waals surface area contributed by atoms with Crippen LogP contribution in [0.15, 0.2) is 18.2 Å². The number of halogens is 1. The zero-order valence-corrected chi connectivity index (χ0v) is 11.6. The Balaban J connectivity index is 2.73. The number of carbonyl (C=O) groups is 1. The first-order chi connectivity index (χ1) is 7.91. The molecule has 0 saturated carbocycles. The van der Waals surface area contributed by atoms with Crippen LogP contribution in [-0.4, -0.2) is 36.4 Å². The summed E-state index contributed by atoms with van der Waals surface area (Å²) in [6.45, 7) is 0.167. The second kappa shape index (κ2) is 5.80. The molecule has 0 heterocycles. The van der Waals surface area contributed by atoms with Gasteiger partial charge >= 0.3 is 0 Å². The highest BCUT2D eigenvalue weighted by atomic mass is 127. The molecule has 0 radical (unpaired) electrons. The van der Waals surface area contributed by atoms with Crippen molar-refractivity contribution < 1.29 is 9.72 Å². The van der Waals surface area contributed by atoms with E-state index in [0.29, 0.717) is 9.26 Å². The smallest absolute Gasteiger partial charge is 0.270 e. The van der Waals surface area contributed by atoms with E-state index in [-0.39, 0.29) is 18.1 Å². The first-order valence-electron chi connectivity index (χ1n) is 4.80. The number of benzene rings is 1. The van der Waals surface area contributed by atoms with Gasteiger partial charge in [-0.15, -0.1) is 0 Å². The Bertz CT molecular complexity index is 448. The van der Waals surface area contributed by atoms with Gasteiger partial charge in [0.25, 0.3) is 5.69 Å². The highest BCUT2D eigenvalue weighted by Crippen LogP contribution is 2.23. The Morgan fingerprint density at radius 1 is 1.53 bits per heavy atom. The zero-order chi connectivity index (χ0) is 13.0. The SMILES string of the molecule is CN(C)C(=O)CNc1ccc([N+](=O)[O-])cc1I. The molecule has 7 heteroatoms. The van der Waals surface area contributed by atoms with E-state index in [0.717, 1.165) is 0 Å². The van der Waals surface area contributed by atoms with E-state index in [1.165, 1.54) is 17.0 Å². The lowest BCUT2D eigenvalue weighted by atomic mass is 10.3. The van der Waals surface area contributed by atoms with E-state index in [1.54, 1.807) is 20.2 Å². The van der Waals surface area contributed by atoms with Gasteiger partial charge in [-0.2, -0.15) is 0 Å². The van der Waals surface area contributed by atoms with Crippen LogP contribution in [0.25, 0.3) is 0 Å². The quantitative estimate of drug-likeness (QED) is 0.510. The molecule has 1 rings (SSSR count). The third kappa shape index (κ3) is 3.84. The van der Waals surface area contributed by atoms with Gasteiger partial charge in [-0.3, -0.25) is 14.9 Å². The van der Waals surface area contributed by atoms with E-state index in [9.17, 15) is 14.9 Å². The number of nitrogens with zero attached hydrogens (tertiary/aromatic N) is 2. The number of nitro groups is 1. The predicted octanol–water partition coefficient (Wildman–Crippen LogP) is 1.70. The van der Waals surface area contributed by atoms with Crippen LogP contribution >= 0.6 is 22.6 Å². The average Bonchev–Trinajstić information content (AvgIpc) is 2.26. The van der Waals surface area contributed by atoms with Crippen molar-refractivity contribution in [1.29, 1.82) is 0 Å². The molecule has 0 fully saturated rings. The standard InChI is InChI=1S/C10H12IN3O3/c1-13(2)10(15)6-12-9-4-3-7(14(16)17)5-8(9)11/h3-5,12H,6H2,1-2H3. The monoisotopic (exact) mass is 349 g/mol. The molecule has 0 aliphatic rings. The maximum Gasteiger partial charge on any atom is 0.270 e. The van der Waals surface area contributed by atoms with Gasteiger partial charge in [0.2, 0.25) is 5.91 Å². The summed E-state index contributed by atoms with van der Waals surface area (Å²) in [5.74, 6) is -0.0563. The Morgan fingerprint density at radius 3 is 2.65 bits per heavy atom. The molecule has 0 aliphatic heterocycles. The molecule has 92 valence electrons. The highest BCUT2D eigenvalue weighted by Gasteiger charge is 2.10. The molecule has 0 unspecified atom stereocenters. The minimum Gasteiger partial charge on any atom is -0.375 e. The van der Waals surface area contributed by atoms with Gasteiger partial charge < -0.3 is 10.2 Å². The molecule has 0 bridgehead atoms. The normalized spacial score (nSPS) is 9.82. The average molecular weight is 349 g/mol. The van der Waals surface area contributed by atoms with Crippen molar-refractivity contribution >= 4 is 39.9 Å². The van der Waals surface area contributed by atoms with Crippen LogP contribution in [0.2, 0.25) is 0 Å². The molecule has 6 nitrogen and oxygen atoms in total. The van der Waals surface area contributed by atoms with Crippen molar-refractivity contribution in [2.45, 2.75) is 0 Å². The van der Waals surface area contributed by atoms with Crippen LogP contribution in [0.5, 0.6) is 0 Å². The minimum atomic E-state index is -0.448. The van der Waals surface area contributed by atoms with E-state index in [2.05, 4.69) is 5.32 Å². The predicted molar refractivity (Wildman–Crippen MR) is 73.0 cm³/mol. The summed E-state index contributed by atoms with van der Waals surface area (Å²) in [6.07, 6.45) is 0. The first kappa shape index (κ1) is 13.7. The van der Waals surface area contributed by atoms with Crippen molar-refractivity contribution in [2.24, 2.45) is 0 Å². The Morgan fingerprint density at radius 2 is 2.18 bits per heavy atom. The third-order valence-corrected chi connectivity index (χ3v) is 2.98. The molecular weight excluding hydrogens is 337 g/mol. The van der Waals surface area contributed by atoms with Gasteiger partial charge in [0, 0.05) is 35.5 Å². The lowest BCUT2D eigenvalue weighted by Crippen LogP contribution is -2.28. The first-order valence-corrected chi connectivity index (χ1v) is 5.87. The zero-order valence-electron chi connectivity index (χ0n) is 9.44. The van der Waals surface area contributed by atoms with E-state index < -0.39 is 4.92 Å². The number of nitrogens with one attached hydrogen (secondary N) is 1. The van der Waals surface area contributed by atoms with Crippen LogP contribution in [-0.2, 0) is 4.79 Å². The fourth-order valence-electron chi connectivity index (χ4n) is 1.09. The molecule has 1 aromatic rings. The summed E-state index contributed by atoms with van der Waals surface area (Å²) >= 11 is 1.99. The lowest BCUT2D eigenvalue weighted by Gasteiger charge is -2.12. The van der Waals surface area contributed by atoms with Gasteiger partial charge in [-0.1, -0.05) is 0 Å². The number of anilines is 1. The number of likely N-dealkylation sites (N-methyl/N-ethyl adjacent to an activating group) is 1. The molecule has 0 spiro atoms. The van der Waals surface area contributed by atoms with Gasteiger partial charge in [0.05, 0.1) is 11.5 Å². The van der Waals surface area contributed by atoms with E-state index in [1.807, 2.05) is 22.6 Å². The highest BCUT2D eigenvalue weighted by molar-refractivity contribution is 14.1. The number of hydrogen-bond acceptors (Lipinski definition) is 4. The number of amides is 1. The van der Waals surface area contributed by atoms with E-state index >= 15 is 0 Å². The van der Waals surface area contributed by atoms with Crippen LogP contribution in [0.1, 0.15) is 0 Å². The molecule has 0 saturated heterocycles. The van der Waals surface area contributed by atoms with E-state index in [4.69, 9.17) is 0 Å². The Hall–Kier alpha value is -1.38. The van der Waals surface area contributed by atoms with Crippen LogP contribution in [0.3, 0.4) is 0 Å². The number of hydrogen-bond donors (Lipinski definition) is 1. The molecule has 0 aliphatic carbocycles. The van der Waals surface area contributed by atoms with Crippen LogP contribution in [0.4, 0.5) is 11.4 Å². The van der Waals surface area contributed by atoms with Gasteiger partial charge in [-0.25, -0.2) is 0 Å². The number of nitro benzene ring substituents is 1. The number of carbonyl (C=O) groups excluding carboxylic acids is 1. The topological polar surface area (TPSA) is 75.5 Å². The molecule has 0 atom stereocenters. The van der Waals surface area contributed by atoms with Gasteiger partial charge in [-0.05, 0) is 28.7 Å². The largest absolute Gasteiger partial charge is 0.375 e. The van der Waals surface area contributed by atoms with Crippen molar-refractivity contribution in [1.82, 2.24) is 4.90 Å². The van der Waals surface area contributed by atoms with Crippen molar-refractivity contribution in [2.75, 3.05) is 26.0 Å². The molecule has 1 amide bonds. The second-order valence-corrected chi connectivity index (χ2v) is 4.73. The summed E-state index contributed by atoms with van der Waals surface area (Å²) in [5.41, 5.74) is 0.755. The second-order valence-electron chi connectivity index (χ2n) is 3.56. The van der Waals surface area contributed by atoms with Crippen molar-refractivity contribution in [3.05, 3.63) is 31.9 Å². The maximum absolute atomic E-state index is 11.4. The van der Waals surface area contributed by atoms with Crippen LogP contribution < -0.4 is 5.32 Å². The summed E-state index contributed by atoms with van der Waals surface area (Å²) in [7, 11) is 3.34.